The van der Waals surface area contributed by atoms with E-state index in [2.05, 4.69) is 25.8 Å². The molecule has 0 saturated heterocycles. The second-order valence-corrected chi connectivity index (χ2v) is 6.27. The van der Waals surface area contributed by atoms with Gasteiger partial charge in [0.15, 0.2) is 12.4 Å². The van der Waals surface area contributed by atoms with Gasteiger partial charge in [0.05, 0.1) is 16.9 Å². The van der Waals surface area contributed by atoms with Crippen molar-refractivity contribution in [2.45, 2.75) is 13.1 Å². The molecule has 0 aliphatic carbocycles. The van der Waals surface area contributed by atoms with Crippen molar-refractivity contribution in [3.05, 3.63) is 53.9 Å². The average molecular weight is 401 g/mol. The molecule has 2 aromatic carbocycles. The third-order valence-electron chi connectivity index (χ3n) is 4.22. The van der Waals surface area contributed by atoms with Crippen molar-refractivity contribution in [1.29, 1.82) is 0 Å². The summed E-state index contributed by atoms with van der Waals surface area (Å²) in [6, 6.07) is 11.4. The lowest BCUT2D eigenvalue weighted by Crippen LogP contribution is -2.25. The number of hydrogen-bond donors (Lipinski definition) is 2. The number of amides is 1. The molecule has 0 atom stereocenters. The van der Waals surface area contributed by atoms with E-state index in [0.29, 0.717) is 28.1 Å². The summed E-state index contributed by atoms with van der Waals surface area (Å²) in [6.07, 6.45) is -4.68. The number of fused-ring (bicyclic) bond motifs is 2. The molecule has 1 aliphatic heterocycles. The van der Waals surface area contributed by atoms with E-state index in [1.807, 2.05) is 0 Å². The quantitative estimate of drug-likeness (QED) is 0.515. The van der Waals surface area contributed by atoms with Crippen LogP contribution in [0.25, 0.3) is 10.9 Å². The number of hydrogen-bond acceptors (Lipinski definition) is 6. The molecule has 0 fully saturated rings. The molecule has 0 bridgehead atoms. The van der Waals surface area contributed by atoms with E-state index in [0.717, 1.165) is 0 Å². The Morgan fingerprint density at radius 2 is 2.00 bits per heavy atom. The lowest BCUT2D eigenvalue weighted by atomic mass is 10.1. The molecule has 1 aliphatic rings. The molecule has 10 heteroatoms. The molecule has 1 aromatic heterocycles. The number of nitrogens with one attached hydrogen (secondary N) is 2. The summed E-state index contributed by atoms with van der Waals surface area (Å²) < 4.78 is 44.7. The Balaban J connectivity index is 1.67. The summed E-state index contributed by atoms with van der Waals surface area (Å²) in [5, 5.41) is 7.26. The Bertz CT molecular complexity index is 1140. The lowest BCUT2D eigenvalue weighted by Gasteiger charge is -2.18. The maximum absolute atomic E-state index is 13.1. The fourth-order valence-corrected chi connectivity index (χ4v) is 2.80. The zero-order chi connectivity index (χ0) is 20.6. The molecule has 0 saturated carbocycles. The molecule has 29 heavy (non-hydrogen) atoms. The van der Waals surface area contributed by atoms with Gasteiger partial charge in [-0.1, -0.05) is 12.1 Å². The third-order valence-corrected chi connectivity index (χ3v) is 4.22. The van der Waals surface area contributed by atoms with Crippen LogP contribution in [0.2, 0.25) is 0 Å². The number of ether oxygens (including phenoxy) is 1. The second-order valence-electron chi connectivity index (χ2n) is 6.27. The summed E-state index contributed by atoms with van der Waals surface area (Å²) in [5.41, 5.74) is 4.38. The SMILES string of the molecule is C/C(=N/Nc1nc(C(F)(F)F)nc2ccccc12)c1ccc2c(c1)NC(=O)CO2. The fourth-order valence-electron chi connectivity index (χ4n) is 2.80. The zero-order valence-corrected chi connectivity index (χ0v) is 15.0. The predicted molar refractivity (Wildman–Crippen MR) is 101 cm³/mol. The summed E-state index contributed by atoms with van der Waals surface area (Å²) in [4.78, 5) is 18.6. The molecule has 1 amide bonds. The molecule has 2 N–H and O–H groups in total. The van der Waals surface area contributed by atoms with E-state index in [1.165, 1.54) is 6.07 Å². The van der Waals surface area contributed by atoms with Crippen LogP contribution in [-0.4, -0.2) is 28.2 Å². The number of nitrogens with zero attached hydrogens (tertiary/aromatic N) is 3. The number of para-hydroxylation sites is 1. The Hall–Kier alpha value is -3.69. The van der Waals surface area contributed by atoms with E-state index in [4.69, 9.17) is 4.74 Å². The molecule has 0 radical (unpaired) electrons. The van der Waals surface area contributed by atoms with Crippen molar-refractivity contribution >= 4 is 34.0 Å². The van der Waals surface area contributed by atoms with E-state index < -0.39 is 12.0 Å². The molecule has 148 valence electrons. The number of carbonyl (C=O) groups is 1. The largest absolute Gasteiger partial charge is 0.482 e. The maximum atomic E-state index is 13.1. The van der Waals surface area contributed by atoms with Gasteiger partial charge in [0.25, 0.3) is 5.91 Å². The van der Waals surface area contributed by atoms with Crippen LogP contribution >= 0.6 is 0 Å². The number of rotatable bonds is 3. The smallest absolute Gasteiger partial charge is 0.451 e. The Kier molecular flexibility index (Phi) is 4.53. The van der Waals surface area contributed by atoms with Crippen LogP contribution in [0.5, 0.6) is 5.75 Å². The molecular formula is C19H14F3N5O2. The van der Waals surface area contributed by atoms with Gasteiger partial charge in [-0.05, 0) is 42.8 Å². The highest BCUT2D eigenvalue weighted by Crippen LogP contribution is 2.31. The highest BCUT2D eigenvalue weighted by atomic mass is 19.4. The summed E-state index contributed by atoms with van der Waals surface area (Å²) in [6.45, 7) is 1.62. The second kappa shape index (κ2) is 7.04. The monoisotopic (exact) mass is 401 g/mol. The van der Waals surface area contributed by atoms with Crippen molar-refractivity contribution in [2.24, 2.45) is 5.10 Å². The molecule has 3 aromatic rings. The van der Waals surface area contributed by atoms with Crippen molar-refractivity contribution < 1.29 is 22.7 Å². The van der Waals surface area contributed by atoms with Crippen LogP contribution in [0, 0.1) is 0 Å². The average Bonchev–Trinajstić information content (AvgIpc) is 2.70. The Morgan fingerprint density at radius 1 is 1.21 bits per heavy atom. The van der Waals surface area contributed by atoms with Crippen LogP contribution < -0.4 is 15.5 Å². The van der Waals surface area contributed by atoms with Gasteiger partial charge in [0.2, 0.25) is 5.82 Å². The first-order valence-electron chi connectivity index (χ1n) is 8.52. The summed E-state index contributed by atoms with van der Waals surface area (Å²) in [7, 11) is 0. The molecule has 2 heterocycles. The predicted octanol–water partition coefficient (Wildman–Crippen LogP) is 3.82. The topological polar surface area (TPSA) is 88.5 Å². The Morgan fingerprint density at radius 3 is 2.79 bits per heavy atom. The normalized spacial score (nSPS) is 14.2. The first-order chi connectivity index (χ1) is 13.8. The fraction of sp³-hybridized carbons (Fsp3) is 0.158. The van der Waals surface area contributed by atoms with Crippen molar-refractivity contribution in [2.75, 3.05) is 17.3 Å². The molecule has 7 nitrogen and oxygen atoms in total. The van der Waals surface area contributed by atoms with Gasteiger partial charge in [0, 0.05) is 5.39 Å². The highest BCUT2D eigenvalue weighted by Gasteiger charge is 2.35. The van der Waals surface area contributed by atoms with Crippen molar-refractivity contribution in [3.8, 4) is 5.75 Å². The zero-order valence-electron chi connectivity index (χ0n) is 15.0. The van der Waals surface area contributed by atoms with Crippen molar-refractivity contribution in [1.82, 2.24) is 9.97 Å². The number of hydrazone groups is 1. The van der Waals surface area contributed by atoms with Gasteiger partial charge in [-0.25, -0.2) is 9.97 Å². The van der Waals surface area contributed by atoms with E-state index in [1.54, 1.807) is 43.3 Å². The van der Waals surface area contributed by atoms with Crippen molar-refractivity contribution in [3.63, 3.8) is 0 Å². The van der Waals surface area contributed by atoms with Crippen LogP contribution in [0.15, 0.2) is 47.6 Å². The molecular weight excluding hydrogens is 387 g/mol. The lowest BCUT2D eigenvalue weighted by molar-refractivity contribution is -0.144. The van der Waals surface area contributed by atoms with E-state index >= 15 is 0 Å². The summed E-state index contributed by atoms with van der Waals surface area (Å²) >= 11 is 0. The maximum Gasteiger partial charge on any atom is 0.451 e. The van der Waals surface area contributed by atoms with Gasteiger partial charge in [-0.3, -0.25) is 10.2 Å². The van der Waals surface area contributed by atoms with E-state index in [-0.39, 0.29) is 23.8 Å². The van der Waals surface area contributed by atoms with Crippen LogP contribution in [0.3, 0.4) is 0 Å². The first kappa shape index (κ1) is 18.7. The van der Waals surface area contributed by atoms with Gasteiger partial charge in [0.1, 0.15) is 5.75 Å². The first-order valence-corrected chi connectivity index (χ1v) is 8.52. The number of alkyl halides is 3. The van der Waals surface area contributed by atoms with Gasteiger partial charge in [-0.2, -0.15) is 18.3 Å². The standard InChI is InChI=1S/C19H14F3N5O2/c1-10(11-6-7-15-14(8-11)23-16(28)9-29-15)26-27-17-12-4-2-3-5-13(12)24-18(25-17)19(20,21)22/h2-8H,9H2,1H3,(H,23,28)(H,24,25,27)/b26-10-. The molecule has 4 rings (SSSR count). The van der Waals surface area contributed by atoms with Crippen LogP contribution in [-0.2, 0) is 11.0 Å². The number of benzene rings is 2. The minimum atomic E-state index is -4.68. The number of halogens is 3. The van der Waals surface area contributed by atoms with Gasteiger partial charge in [-0.15, -0.1) is 0 Å². The van der Waals surface area contributed by atoms with Gasteiger partial charge >= 0.3 is 6.18 Å². The van der Waals surface area contributed by atoms with Gasteiger partial charge < -0.3 is 10.1 Å². The summed E-state index contributed by atoms with van der Waals surface area (Å²) in [5.74, 6) is -1.04. The van der Waals surface area contributed by atoms with Crippen LogP contribution in [0.1, 0.15) is 18.3 Å². The minimum absolute atomic E-state index is 0.0523. The number of aromatic nitrogens is 2. The Labute approximate surface area is 162 Å². The minimum Gasteiger partial charge on any atom is -0.482 e. The number of anilines is 2. The van der Waals surface area contributed by atoms with Crippen LogP contribution in [0.4, 0.5) is 24.7 Å². The number of carbonyl (C=O) groups excluding carboxylic acids is 1. The molecule has 0 spiro atoms. The third kappa shape index (κ3) is 3.82. The van der Waals surface area contributed by atoms with E-state index in [9.17, 15) is 18.0 Å². The highest BCUT2D eigenvalue weighted by molar-refractivity contribution is 6.02. The molecule has 0 unspecified atom stereocenters.